The number of hydrogen-bond acceptors (Lipinski definition) is 5. The van der Waals surface area contributed by atoms with Crippen LogP contribution in [0.2, 0.25) is 0 Å². The molecule has 0 amide bonds. The van der Waals surface area contributed by atoms with E-state index in [0.717, 1.165) is 32.1 Å². The van der Waals surface area contributed by atoms with Crippen molar-refractivity contribution in [1.29, 1.82) is 0 Å². The van der Waals surface area contributed by atoms with Gasteiger partial charge in [-0.3, -0.25) is 9.59 Å². The maximum atomic E-state index is 13.0. The van der Waals surface area contributed by atoms with Gasteiger partial charge in [0, 0.05) is 6.42 Å². The fourth-order valence-corrected chi connectivity index (χ4v) is 4.22. The molecule has 1 aromatic rings. The fourth-order valence-electron chi connectivity index (χ4n) is 4.22. The number of rotatable bonds is 22. The number of aromatic carboxylic acids is 1. The summed E-state index contributed by atoms with van der Waals surface area (Å²) < 4.78 is 11.3. The van der Waals surface area contributed by atoms with Gasteiger partial charge in [0.1, 0.15) is 17.4 Å². The molecule has 0 aliphatic heterocycles. The zero-order valence-corrected chi connectivity index (χ0v) is 25.9. The number of ketones is 1. The van der Waals surface area contributed by atoms with Crippen molar-refractivity contribution in [1.82, 2.24) is 0 Å². The Morgan fingerprint density at radius 3 is 1.88 bits per heavy atom. The molecule has 6 nitrogen and oxygen atoms in total. The molecule has 42 heavy (non-hydrogen) atoms. The van der Waals surface area contributed by atoms with Gasteiger partial charge in [-0.15, -0.1) is 0 Å². The van der Waals surface area contributed by atoms with Crippen molar-refractivity contribution in [2.75, 3.05) is 6.61 Å². The van der Waals surface area contributed by atoms with Crippen LogP contribution < -0.4 is 4.74 Å². The molecule has 0 saturated carbocycles. The van der Waals surface area contributed by atoms with Crippen LogP contribution in [-0.2, 0) is 14.3 Å². The van der Waals surface area contributed by atoms with Gasteiger partial charge in [0.05, 0.1) is 12.5 Å². The third-order valence-corrected chi connectivity index (χ3v) is 6.36. The maximum Gasteiger partial charge on any atom is 0.339 e. The lowest BCUT2D eigenvalue weighted by atomic mass is 9.90. The summed E-state index contributed by atoms with van der Waals surface area (Å²) in [6, 6.07) is 6.00. The lowest BCUT2D eigenvalue weighted by Crippen LogP contribution is -2.31. The second-order valence-corrected chi connectivity index (χ2v) is 10.5. The predicted octanol–water partition coefficient (Wildman–Crippen LogP) is 8.85. The largest absolute Gasteiger partial charge is 0.478 e. The van der Waals surface area contributed by atoms with Crippen molar-refractivity contribution in [2.45, 2.75) is 91.6 Å². The van der Waals surface area contributed by atoms with Crippen LogP contribution in [-0.4, -0.2) is 35.5 Å². The third-order valence-electron chi connectivity index (χ3n) is 6.36. The van der Waals surface area contributed by atoms with Gasteiger partial charge < -0.3 is 14.6 Å². The normalized spacial score (nSPS) is 13.7. The predicted molar refractivity (Wildman–Crippen MR) is 171 cm³/mol. The Balaban J connectivity index is 2.44. The molecule has 0 bridgehead atoms. The first-order valence-electron chi connectivity index (χ1n) is 15.2. The molecular formula is C36H50O6. The summed E-state index contributed by atoms with van der Waals surface area (Å²) in [4.78, 5) is 37.5. The van der Waals surface area contributed by atoms with Gasteiger partial charge in [-0.25, -0.2) is 4.79 Å². The monoisotopic (exact) mass is 578 g/mol. The minimum atomic E-state index is -1.18. The number of carboxylic acids is 1. The van der Waals surface area contributed by atoms with Crippen LogP contribution in [0.25, 0.3) is 0 Å². The molecule has 6 heteroatoms. The first-order chi connectivity index (χ1) is 20.3. The zero-order valence-electron chi connectivity index (χ0n) is 25.9. The Morgan fingerprint density at radius 2 is 1.36 bits per heavy atom. The molecule has 2 atom stereocenters. The highest BCUT2D eigenvalue weighted by atomic mass is 16.5. The number of benzene rings is 1. The molecule has 1 rings (SSSR count). The molecule has 1 N–H and O–H groups in total. The molecule has 0 aromatic heterocycles. The van der Waals surface area contributed by atoms with E-state index in [2.05, 4.69) is 61.6 Å². The summed E-state index contributed by atoms with van der Waals surface area (Å²) in [6.07, 6.45) is 27.3. The van der Waals surface area contributed by atoms with Crippen LogP contribution >= 0.6 is 0 Å². The molecule has 0 aliphatic rings. The summed E-state index contributed by atoms with van der Waals surface area (Å²) in [5.41, 5.74) is -0.0923. The van der Waals surface area contributed by atoms with E-state index in [1.807, 2.05) is 26.8 Å². The Morgan fingerprint density at radius 1 is 0.810 bits per heavy atom. The third kappa shape index (κ3) is 16.7. The highest BCUT2D eigenvalue weighted by Gasteiger charge is 2.29. The van der Waals surface area contributed by atoms with Crippen molar-refractivity contribution in [3.8, 4) is 5.75 Å². The van der Waals surface area contributed by atoms with E-state index in [4.69, 9.17) is 9.47 Å². The smallest absolute Gasteiger partial charge is 0.339 e. The first-order valence-corrected chi connectivity index (χ1v) is 15.2. The van der Waals surface area contributed by atoms with Crippen LogP contribution in [0.3, 0.4) is 0 Å². The van der Waals surface area contributed by atoms with Gasteiger partial charge in [0.25, 0.3) is 0 Å². The van der Waals surface area contributed by atoms with Crippen LogP contribution in [0.5, 0.6) is 5.75 Å². The summed E-state index contributed by atoms with van der Waals surface area (Å²) >= 11 is 0. The fraction of sp³-hybridized carbons (Fsp3) is 0.472. The Hall–Kier alpha value is -3.51. The standard InChI is InChI=1S/C36H50O6/c1-5-7-8-9-10-11-12-13-14-15-16-17-18-19-20-23-26-41-33(6-2)32(37)28-30(27-29(3)4)36(40)42-34-25-22-21-24-31(34)35(38)39/h7-8,10-11,13-14,16-17,19-22,24-25,29-30,33H,5-6,9,12,15,18,23,26-28H2,1-4H3,(H,38,39)/b8-7-,11-10-,14-13-,17-16-,20-19-. The lowest BCUT2D eigenvalue weighted by molar-refractivity contribution is -0.144. The quantitative estimate of drug-likeness (QED) is 0.0640. The van der Waals surface area contributed by atoms with Crippen LogP contribution in [0, 0.1) is 11.8 Å². The highest BCUT2D eigenvalue weighted by molar-refractivity contribution is 5.93. The number of Topliss-reactive ketones (excluding diaryl/α,β-unsaturated/α-hetero) is 1. The van der Waals surface area contributed by atoms with Crippen molar-refractivity contribution in [3.63, 3.8) is 0 Å². The number of carbonyl (C=O) groups excluding carboxylic acids is 2. The highest BCUT2D eigenvalue weighted by Crippen LogP contribution is 2.24. The number of hydrogen-bond donors (Lipinski definition) is 1. The molecule has 0 spiro atoms. The molecule has 0 fully saturated rings. The summed E-state index contributed by atoms with van der Waals surface area (Å²) in [5.74, 6) is -2.46. The second kappa shape index (κ2) is 23.1. The molecule has 0 aliphatic carbocycles. The van der Waals surface area contributed by atoms with E-state index in [9.17, 15) is 19.5 Å². The van der Waals surface area contributed by atoms with Gasteiger partial charge in [0.15, 0.2) is 5.78 Å². The van der Waals surface area contributed by atoms with E-state index in [1.165, 1.54) is 12.1 Å². The van der Waals surface area contributed by atoms with Crippen LogP contribution in [0.1, 0.15) is 95.8 Å². The molecule has 0 radical (unpaired) electrons. The minimum Gasteiger partial charge on any atom is -0.478 e. The summed E-state index contributed by atoms with van der Waals surface area (Å²) in [5, 5.41) is 9.38. The molecule has 2 unspecified atom stereocenters. The van der Waals surface area contributed by atoms with E-state index < -0.39 is 24.0 Å². The molecule has 0 saturated heterocycles. The molecule has 0 heterocycles. The van der Waals surface area contributed by atoms with Crippen molar-refractivity contribution in [3.05, 3.63) is 90.6 Å². The van der Waals surface area contributed by atoms with Crippen molar-refractivity contribution in [2.24, 2.45) is 11.8 Å². The average molecular weight is 579 g/mol. The van der Waals surface area contributed by atoms with Crippen LogP contribution in [0.4, 0.5) is 0 Å². The van der Waals surface area contributed by atoms with Crippen molar-refractivity contribution >= 4 is 17.7 Å². The lowest BCUT2D eigenvalue weighted by Gasteiger charge is -2.21. The van der Waals surface area contributed by atoms with E-state index in [1.54, 1.807) is 12.1 Å². The van der Waals surface area contributed by atoms with Gasteiger partial charge >= 0.3 is 11.9 Å². The first kappa shape index (κ1) is 36.5. The van der Waals surface area contributed by atoms with Gasteiger partial charge in [0.2, 0.25) is 0 Å². The summed E-state index contributed by atoms with van der Waals surface area (Å²) in [6.45, 7) is 8.38. The van der Waals surface area contributed by atoms with E-state index in [-0.39, 0.29) is 29.4 Å². The van der Waals surface area contributed by atoms with Crippen molar-refractivity contribution < 1.29 is 29.0 Å². The minimum absolute atomic E-state index is 0.00751. The summed E-state index contributed by atoms with van der Waals surface area (Å²) in [7, 11) is 0. The zero-order chi connectivity index (χ0) is 31.0. The number of para-hydroxylation sites is 1. The van der Waals surface area contributed by atoms with E-state index in [0.29, 0.717) is 25.9 Å². The Kier molecular flexibility index (Phi) is 20.1. The van der Waals surface area contributed by atoms with Gasteiger partial charge in [-0.1, -0.05) is 101 Å². The molecule has 230 valence electrons. The molecule has 1 aromatic carbocycles. The number of allylic oxidation sites excluding steroid dienone is 9. The topological polar surface area (TPSA) is 89.9 Å². The van der Waals surface area contributed by atoms with Gasteiger partial charge in [-0.05, 0) is 69.4 Å². The number of esters is 1. The number of carboxylic acid groups (broad SMARTS) is 1. The van der Waals surface area contributed by atoms with E-state index >= 15 is 0 Å². The SMILES string of the molecule is CC/C=C\C/C=C\C/C=C\C/C=C\C/C=C\CCOC(CC)C(=O)CC(CC(C)C)C(=O)Oc1ccccc1C(=O)O. The second-order valence-electron chi connectivity index (χ2n) is 10.5. The Labute approximate surface area is 252 Å². The average Bonchev–Trinajstić information content (AvgIpc) is 2.96. The maximum absolute atomic E-state index is 13.0. The van der Waals surface area contributed by atoms with Gasteiger partial charge in [-0.2, -0.15) is 0 Å². The Bertz CT molecular complexity index is 1080. The van der Waals surface area contributed by atoms with Crippen LogP contribution in [0.15, 0.2) is 85.0 Å². The number of carbonyl (C=O) groups is 3. The number of ether oxygens (including phenoxy) is 2. The molecular weight excluding hydrogens is 528 g/mol.